The average Bonchev–Trinajstić information content (AvgIpc) is 2.89. The van der Waals surface area contributed by atoms with Crippen LogP contribution in [-0.2, 0) is 12.8 Å². The Bertz CT molecular complexity index is 745. The Hall–Kier alpha value is -1.20. The summed E-state index contributed by atoms with van der Waals surface area (Å²) in [7, 11) is 0. The van der Waals surface area contributed by atoms with Gasteiger partial charge in [0.15, 0.2) is 0 Å². The van der Waals surface area contributed by atoms with Gasteiger partial charge in [-0.1, -0.05) is 20.8 Å². The van der Waals surface area contributed by atoms with Gasteiger partial charge in [0.25, 0.3) is 5.56 Å². The van der Waals surface area contributed by atoms with Gasteiger partial charge in [-0.3, -0.25) is 4.79 Å². The van der Waals surface area contributed by atoms with Gasteiger partial charge in [0, 0.05) is 10.9 Å². The van der Waals surface area contributed by atoms with E-state index in [0.717, 1.165) is 41.7 Å². The SMILES string of the molecule is CCC(CC)N[C@@H](C)c1nc2sc3c(c2c(=O)[nH]1)CC[C@H](C)C3. The quantitative estimate of drug-likeness (QED) is 0.871. The summed E-state index contributed by atoms with van der Waals surface area (Å²) >= 11 is 1.72. The second-order valence-electron chi connectivity index (χ2n) is 6.88. The molecule has 2 N–H and O–H groups in total. The molecule has 0 saturated heterocycles. The third-order valence-electron chi connectivity index (χ3n) is 5.07. The standard InChI is InChI=1S/C18H27N3OS/c1-5-12(6-2)19-11(4)16-20-17(22)15-13-8-7-10(3)9-14(13)23-18(15)21-16/h10-12,19H,5-9H2,1-4H3,(H,20,21,22)/t10-,11-/m0/s1. The number of fused-ring (bicyclic) bond motifs is 3. The lowest BCUT2D eigenvalue weighted by molar-refractivity contribution is 0.421. The zero-order valence-corrected chi connectivity index (χ0v) is 15.3. The minimum absolute atomic E-state index is 0.0373. The van der Waals surface area contributed by atoms with Crippen LogP contribution in [0.15, 0.2) is 4.79 Å². The van der Waals surface area contributed by atoms with Crippen LogP contribution < -0.4 is 10.9 Å². The van der Waals surface area contributed by atoms with E-state index in [0.29, 0.717) is 12.0 Å². The number of rotatable bonds is 5. The van der Waals surface area contributed by atoms with Crippen molar-refractivity contribution in [2.75, 3.05) is 0 Å². The molecule has 3 rings (SSSR count). The molecule has 0 aliphatic heterocycles. The Morgan fingerprint density at radius 1 is 1.39 bits per heavy atom. The van der Waals surface area contributed by atoms with Crippen LogP contribution in [0.5, 0.6) is 0 Å². The Labute approximate surface area is 141 Å². The normalized spacial score (nSPS) is 19.3. The van der Waals surface area contributed by atoms with E-state index in [4.69, 9.17) is 4.98 Å². The monoisotopic (exact) mass is 333 g/mol. The fourth-order valence-corrected chi connectivity index (χ4v) is 4.92. The molecule has 2 aromatic heterocycles. The third kappa shape index (κ3) is 3.22. The van der Waals surface area contributed by atoms with E-state index in [1.807, 2.05) is 0 Å². The van der Waals surface area contributed by atoms with Crippen molar-refractivity contribution in [3.63, 3.8) is 0 Å². The number of aromatic amines is 1. The largest absolute Gasteiger partial charge is 0.309 e. The molecule has 2 aromatic rings. The van der Waals surface area contributed by atoms with Crippen LogP contribution in [0, 0.1) is 5.92 Å². The van der Waals surface area contributed by atoms with Crippen LogP contribution in [0.4, 0.5) is 0 Å². The molecule has 1 aliphatic carbocycles. The molecule has 23 heavy (non-hydrogen) atoms. The smallest absolute Gasteiger partial charge is 0.259 e. The number of aromatic nitrogens is 2. The summed E-state index contributed by atoms with van der Waals surface area (Å²) in [5.41, 5.74) is 1.29. The highest BCUT2D eigenvalue weighted by molar-refractivity contribution is 7.18. The number of H-pyrrole nitrogens is 1. The number of hydrogen-bond donors (Lipinski definition) is 2. The van der Waals surface area contributed by atoms with E-state index in [-0.39, 0.29) is 11.6 Å². The second kappa shape index (κ2) is 6.73. The van der Waals surface area contributed by atoms with Crippen LogP contribution in [0.25, 0.3) is 10.2 Å². The maximum absolute atomic E-state index is 12.6. The van der Waals surface area contributed by atoms with Gasteiger partial charge in [-0.25, -0.2) is 4.98 Å². The number of aryl methyl sites for hydroxylation is 1. The lowest BCUT2D eigenvalue weighted by atomic mass is 9.89. The highest BCUT2D eigenvalue weighted by atomic mass is 32.1. The fourth-order valence-electron chi connectivity index (χ4n) is 3.53. The molecule has 0 amide bonds. The predicted molar refractivity (Wildman–Crippen MR) is 97.4 cm³/mol. The van der Waals surface area contributed by atoms with Gasteiger partial charge >= 0.3 is 0 Å². The molecule has 0 aromatic carbocycles. The van der Waals surface area contributed by atoms with E-state index in [1.165, 1.54) is 16.9 Å². The Balaban J connectivity index is 1.97. The van der Waals surface area contributed by atoms with Crippen molar-refractivity contribution in [1.29, 1.82) is 0 Å². The minimum atomic E-state index is 0.0373. The van der Waals surface area contributed by atoms with Crippen molar-refractivity contribution in [2.45, 2.75) is 71.9 Å². The van der Waals surface area contributed by atoms with E-state index in [9.17, 15) is 4.79 Å². The van der Waals surface area contributed by atoms with Crippen LogP contribution in [0.2, 0.25) is 0 Å². The molecule has 2 atom stereocenters. The van der Waals surface area contributed by atoms with Crippen molar-refractivity contribution >= 4 is 21.6 Å². The molecule has 0 bridgehead atoms. The lowest BCUT2D eigenvalue weighted by Gasteiger charge is -2.20. The molecule has 0 saturated carbocycles. The number of thiophene rings is 1. The van der Waals surface area contributed by atoms with Crippen molar-refractivity contribution in [2.24, 2.45) is 5.92 Å². The highest BCUT2D eigenvalue weighted by Crippen LogP contribution is 2.35. The van der Waals surface area contributed by atoms with Crippen LogP contribution >= 0.6 is 11.3 Å². The summed E-state index contributed by atoms with van der Waals surface area (Å²) < 4.78 is 0. The van der Waals surface area contributed by atoms with Crippen molar-refractivity contribution in [3.8, 4) is 0 Å². The van der Waals surface area contributed by atoms with Gasteiger partial charge in [-0.15, -0.1) is 11.3 Å². The molecule has 5 heteroatoms. The molecule has 0 unspecified atom stereocenters. The minimum Gasteiger partial charge on any atom is -0.309 e. The number of nitrogens with one attached hydrogen (secondary N) is 2. The van der Waals surface area contributed by atoms with Crippen molar-refractivity contribution < 1.29 is 0 Å². The number of hydrogen-bond acceptors (Lipinski definition) is 4. The summed E-state index contributed by atoms with van der Waals surface area (Å²) in [5.74, 6) is 1.48. The van der Waals surface area contributed by atoms with Gasteiger partial charge < -0.3 is 10.3 Å². The molecule has 0 radical (unpaired) electrons. The van der Waals surface area contributed by atoms with Crippen molar-refractivity contribution in [3.05, 3.63) is 26.6 Å². The topological polar surface area (TPSA) is 57.8 Å². The maximum Gasteiger partial charge on any atom is 0.259 e. The Morgan fingerprint density at radius 3 is 2.83 bits per heavy atom. The molecular formula is C18H27N3OS. The fraction of sp³-hybridized carbons (Fsp3) is 0.667. The molecular weight excluding hydrogens is 306 g/mol. The molecule has 126 valence electrons. The predicted octanol–water partition coefficient (Wildman–Crippen LogP) is 3.95. The Kier molecular flexibility index (Phi) is 4.87. The van der Waals surface area contributed by atoms with Gasteiger partial charge in [0.2, 0.25) is 0 Å². The van der Waals surface area contributed by atoms with Gasteiger partial charge in [0.05, 0.1) is 11.4 Å². The molecule has 1 aliphatic rings. The Morgan fingerprint density at radius 2 is 2.13 bits per heavy atom. The second-order valence-corrected chi connectivity index (χ2v) is 7.97. The number of nitrogens with zero attached hydrogens (tertiary/aromatic N) is 1. The van der Waals surface area contributed by atoms with E-state index in [2.05, 4.69) is 38.0 Å². The van der Waals surface area contributed by atoms with Crippen molar-refractivity contribution in [1.82, 2.24) is 15.3 Å². The molecule has 0 spiro atoms. The average molecular weight is 334 g/mol. The maximum atomic E-state index is 12.6. The third-order valence-corrected chi connectivity index (χ3v) is 6.21. The molecule has 2 heterocycles. The van der Waals surface area contributed by atoms with Gasteiger partial charge in [0.1, 0.15) is 10.7 Å². The first-order valence-electron chi connectivity index (χ1n) is 8.83. The van der Waals surface area contributed by atoms with Gasteiger partial charge in [-0.2, -0.15) is 0 Å². The zero-order chi connectivity index (χ0) is 16.6. The zero-order valence-electron chi connectivity index (χ0n) is 14.5. The summed E-state index contributed by atoms with van der Waals surface area (Å²) in [6, 6.07) is 0.526. The highest BCUT2D eigenvalue weighted by Gasteiger charge is 2.24. The van der Waals surface area contributed by atoms with Crippen LogP contribution in [0.3, 0.4) is 0 Å². The first-order chi connectivity index (χ1) is 11.0. The lowest BCUT2D eigenvalue weighted by Crippen LogP contribution is -2.32. The van der Waals surface area contributed by atoms with Crippen LogP contribution in [0.1, 0.15) is 69.3 Å². The van der Waals surface area contributed by atoms with Crippen LogP contribution in [-0.4, -0.2) is 16.0 Å². The molecule has 0 fully saturated rings. The summed E-state index contributed by atoms with van der Waals surface area (Å²) in [6.45, 7) is 8.74. The summed E-state index contributed by atoms with van der Waals surface area (Å²) in [4.78, 5) is 22.7. The van der Waals surface area contributed by atoms with Gasteiger partial charge in [-0.05, 0) is 50.5 Å². The summed E-state index contributed by atoms with van der Waals surface area (Å²) in [6.07, 6.45) is 5.44. The van der Waals surface area contributed by atoms with E-state index < -0.39 is 0 Å². The summed E-state index contributed by atoms with van der Waals surface area (Å²) in [5, 5.41) is 4.41. The first kappa shape index (κ1) is 16.7. The first-order valence-corrected chi connectivity index (χ1v) is 9.65. The molecule has 4 nitrogen and oxygen atoms in total. The van der Waals surface area contributed by atoms with E-state index in [1.54, 1.807) is 11.3 Å². The van der Waals surface area contributed by atoms with E-state index >= 15 is 0 Å².